The normalized spacial score (nSPS) is 11.0. The molecule has 0 saturated heterocycles. The first-order valence-corrected chi connectivity index (χ1v) is 7.57. The van der Waals surface area contributed by atoms with Crippen LogP contribution in [0.2, 0.25) is 0 Å². The fourth-order valence-electron chi connectivity index (χ4n) is 1.84. The summed E-state index contributed by atoms with van der Waals surface area (Å²) in [7, 11) is -4.35. The number of nitrogens with one attached hydrogen (secondary N) is 1. The van der Waals surface area contributed by atoms with Gasteiger partial charge in [0.15, 0.2) is 0 Å². The van der Waals surface area contributed by atoms with Gasteiger partial charge >= 0.3 is 0 Å². The van der Waals surface area contributed by atoms with Crippen molar-refractivity contribution in [2.45, 2.75) is 18.7 Å². The van der Waals surface area contributed by atoms with Crippen LogP contribution in [0.25, 0.3) is 0 Å². The summed E-state index contributed by atoms with van der Waals surface area (Å²) in [5.41, 5.74) is 0.434. The number of nitrogens with zero attached hydrogens (tertiary/aromatic N) is 1. The lowest BCUT2D eigenvalue weighted by Crippen LogP contribution is -2.14. The second kappa shape index (κ2) is 5.63. The van der Waals surface area contributed by atoms with E-state index in [9.17, 15) is 13.2 Å². The average Bonchev–Trinajstić information content (AvgIpc) is 2.44. The third-order valence-corrected chi connectivity index (χ3v) is 4.02. The minimum atomic E-state index is -4.35. The van der Waals surface area contributed by atoms with Gasteiger partial charge in [-0.3, -0.25) is 14.3 Å². The predicted octanol–water partition coefficient (Wildman–Crippen LogP) is 1.90. The van der Waals surface area contributed by atoms with Crippen LogP contribution < -0.4 is 10.3 Å². The van der Waals surface area contributed by atoms with Crippen LogP contribution in [0.1, 0.15) is 16.7 Å². The first kappa shape index (κ1) is 15.8. The number of hydrogen-bond acceptors (Lipinski definition) is 5. The van der Waals surface area contributed by atoms with Crippen molar-refractivity contribution in [1.29, 1.82) is 5.26 Å². The van der Waals surface area contributed by atoms with Gasteiger partial charge in [0, 0.05) is 11.6 Å². The van der Waals surface area contributed by atoms with Crippen LogP contribution in [0.3, 0.4) is 0 Å². The number of aromatic nitrogens is 1. The van der Waals surface area contributed by atoms with Crippen molar-refractivity contribution in [3.8, 4) is 17.7 Å². The quantitative estimate of drug-likeness (QED) is 0.833. The average molecular weight is 320 g/mol. The lowest BCUT2D eigenvalue weighted by Gasteiger charge is -2.11. The van der Waals surface area contributed by atoms with Crippen molar-refractivity contribution >= 4 is 10.1 Å². The SMILES string of the molecule is Cc1c(Oc2cccc(S(=O)(=O)O)c2)[nH]c(=O)c(C#N)c1C. The van der Waals surface area contributed by atoms with E-state index in [0.29, 0.717) is 11.1 Å². The highest BCUT2D eigenvalue weighted by molar-refractivity contribution is 7.85. The second-order valence-corrected chi connectivity index (χ2v) is 5.99. The number of ether oxygens (including phenoxy) is 1. The van der Waals surface area contributed by atoms with Crippen LogP contribution in [0.4, 0.5) is 0 Å². The van der Waals surface area contributed by atoms with E-state index in [1.54, 1.807) is 13.8 Å². The first-order valence-electron chi connectivity index (χ1n) is 6.13. The molecule has 114 valence electrons. The molecule has 2 rings (SSSR count). The predicted molar refractivity (Wildman–Crippen MR) is 77.6 cm³/mol. The smallest absolute Gasteiger partial charge is 0.294 e. The molecule has 0 aliphatic heterocycles. The molecule has 7 nitrogen and oxygen atoms in total. The number of nitriles is 1. The number of benzene rings is 1. The highest BCUT2D eigenvalue weighted by Crippen LogP contribution is 2.26. The largest absolute Gasteiger partial charge is 0.441 e. The topological polar surface area (TPSA) is 120 Å². The summed E-state index contributed by atoms with van der Waals surface area (Å²) in [4.78, 5) is 13.9. The van der Waals surface area contributed by atoms with Gasteiger partial charge < -0.3 is 4.74 Å². The van der Waals surface area contributed by atoms with Crippen LogP contribution in [0.15, 0.2) is 34.0 Å². The molecule has 0 atom stereocenters. The van der Waals surface area contributed by atoms with Gasteiger partial charge in [-0.2, -0.15) is 13.7 Å². The molecule has 0 saturated carbocycles. The van der Waals surface area contributed by atoms with Crippen LogP contribution in [-0.4, -0.2) is 18.0 Å². The molecule has 1 aromatic heterocycles. The zero-order valence-electron chi connectivity index (χ0n) is 11.7. The Bertz CT molecular complexity index is 939. The maximum Gasteiger partial charge on any atom is 0.294 e. The molecule has 1 heterocycles. The maximum absolute atomic E-state index is 11.8. The fraction of sp³-hybridized carbons (Fsp3) is 0.143. The summed E-state index contributed by atoms with van der Waals surface area (Å²) < 4.78 is 36.7. The molecule has 0 fully saturated rings. The Kier molecular flexibility index (Phi) is 4.03. The highest BCUT2D eigenvalue weighted by atomic mass is 32.2. The molecule has 0 spiro atoms. The first-order chi connectivity index (χ1) is 10.2. The molecule has 0 unspecified atom stereocenters. The number of pyridine rings is 1. The van der Waals surface area contributed by atoms with Gasteiger partial charge in [0.2, 0.25) is 5.88 Å². The van der Waals surface area contributed by atoms with E-state index in [0.717, 1.165) is 6.07 Å². The summed E-state index contributed by atoms with van der Waals surface area (Å²) in [6.07, 6.45) is 0. The van der Waals surface area contributed by atoms with Gasteiger partial charge in [-0.25, -0.2) is 0 Å². The van der Waals surface area contributed by atoms with Gasteiger partial charge in [-0.05, 0) is 31.5 Å². The van der Waals surface area contributed by atoms with Crippen molar-refractivity contribution in [2.75, 3.05) is 0 Å². The van der Waals surface area contributed by atoms with Gasteiger partial charge in [-0.1, -0.05) is 6.07 Å². The molecule has 2 N–H and O–H groups in total. The zero-order chi connectivity index (χ0) is 16.5. The molecule has 0 aliphatic carbocycles. The molecule has 0 amide bonds. The van der Waals surface area contributed by atoms with Gasteiger partial charge in [0.25, 0.3) is 15.7 Å². The molecular weight excluding hydrogens is 308 g/mol. The van der Waals surface area contributed by atoms with Crippen LogP contribution in [0, 0.1) is 25.2 Å². The van der Waals surface area contributed by atoms with Crippen LogP contribution in [0.5, 0.6) is 11.6 Å². The van der Waals surface area contributed by atoms with E-state index in [2.05, 4.69) is 4.98 Å². The fourth-order valence-corrected chi connectivity index (χ4v) is 2.36. The highest BCUT2D eigenvalue weighted by Gasteiger charge is 2.14. The van der Waals surface area contributed by atoms with E-state index in [1.807, 2.05) is 6.07 Å². The molecule has 1 aromatic carbocycles. The van der Waals surface area contributed by atoms with Gasteiger partial charge in [0.05, 0.1) is 4.90 Å². The van der Waals surface area contributed by atoms with E-state index >= 15 is 0 Å². The Morgan fingerprint density at radius 2 is 1.95 bits per heavy atom. The number of H-pyrrole nitrogens is 1. The van der Waals surface area contributed by atoms with E-state index in [1.165, 1.54) is 18.2 Å². The Morgan fingerprint density at radius 3 is 2.55 bits per heavy atom. The molecule has 0 radical (unpaired) electrons. The van der Waals surface area contributed by atoms with Crippen LogP contribution in [-0.2, 0) is 10.1 Å². The van der Waals surface area contributed by atoms with Crippen molar-refractivity contribution in [1.82, 2.24) is 4.98 Å². The summed E-state index contributed by atoms with van der Waals surface area (Å²) in [6, 6.07) is 7.01. The minimum absolute atomic E-state index is 0.00321. The van der Waals surface area contributed by atoms with E-state index in [-0.39, 0.29) is 22.1 Å². The summed E-state index contributed by atoms with van der Waals surface area (Å²) in [5.74, 6) is 0.229. The lowest BCUT2D eigenvalue weighted by molar-refractivity contribution is 0.452. The zero-order valence-corrected chi connectivity index (χ0v) is 12.6. The van der Waals surface area contributed by atoms with Crippen molar-refractivity contribution in [2.24, 2.45) is 0 Å². The standard InChI is InChI=1S/C14H12N2O5S/c1-8-9(2)14(16-13(17)12(8)7-15)21-10-4-3-5-11(6-10)22(18,19)20/h3-6H,1-2H3,(H,16,17)(H,18,19,20). The maximum atomic E-state index is 11.8. The Labute approximate surface area is 126 Å². The Morgan fingerprint density at radius 1 is 1.27 bits per heavy atom. The van der Waals surface area contributed by atoms with E-state index < -0.39 is 15.7 Å². The second-order valence-electron chi connectivity index (χ2n) is 4.57. The summed E-state index contributed by atoms with van der Waals surface area (Å²) in [5, 5.41) is 8.92. The lowest BCUT2D eigenvalue weighted by atomic mass is 10.1. The molecule has 0 bridgehead atoms. The van der Waals surface area contributed by atoms with Crippen LogP contribution >= 0.6 is 0 Å². The van der Waals surface area contributed by atoms with E-state index in [4.69, 9.17) is 14.6 Å². The number of hydrogen-bond donors (Lipinski definition) is 2. The van der Waals surface area contributed by atoms with Crippen molar-refractivity contribution in [3.05, 3.63) is 51.3 Å². The van der Waals surface area contributed by atoms with Gasteiger partial charge in [0.1, 0.15) is 17.4 Å². The number of rotatable bonds is 3. The molecule has 8 heteroatoms. The molecular formula is C14H12N2O5S. The van der Waals surface area contributed by atoms with Crippen molar-refractivity contribution in [3.63, 3.8) is 0 Å². The Hall–Kier alpha value is -2.63. The summed E-state index contributed by atoms with van der Waals surface area (Å²) >= 11 is 0. The monoisotopic (exact) mass is 320 g/mol. The van der Waals surface area contributed by atoms with Crippen molar-refractivity contribution < 1.29 is 17.7 Å². The molecule has 0 aliphatic rings. The molecule has 22 heavy (non-hydrogen) atoms. The third-order valence-electron chi connectivity index (χ3n) is 3.17. The molecule has 2 aromatic rings. The number of aromatic amines is 1. The van der Waals surface area contributed by atoms with Gasteiger partial charge in [-0.15, -0.1) is 0 Å². The third kappa shape index (κ3) is 3.00. The Balaban J connectivity index is 2.49. The minimum Gasteiger partial charge on any atom is -0.441 e. The summed E-state index contributed by atoms with van der Waals surface area (Å²) in [6.45, 7) is 3.28.